The molecule has 0 bridgehead atoms. The standard InChI is InChI=1S/C16H16ClNO2/c1-18(2)14-9-5-12(6-10-14)16(20)15(19)11-3-7-13(17)8-4-11/h3-10,16,20H,1-2H3. The average Bonchev–Trinajstić information content (AvgIpc) is 2.46. The van der Waals surface area contributed by atoms with Gasteiger partial charge in [-0.15, -0.1) is 0 Å². The van der Waals surface area contributed by atoms with E-state index < -0.39 is 6.10 Å². The van der Waals surface area contributed by atoms with Gasteiger partial charge in [-0.1, -0.05) is 23.7 Å². The van der Waals surface area contributed by atoms with Gasteiger partial charge in [-0.05, 0) is 42.0 Å². The first-order chi connectivity index (χ1) is 9.49. The Bertz CT molecular complexity index is 591. The predicted molar refractivity (Wildman–Crippen MR) is 81.5 cm³/mol. The van der Waals surface area contributed by atoms with Crippen LogP contribution in [0.15, 0.2) is 48.5 Å². The number of aliphatic hydroxyl groups is 1. The summed E-state index contributed by atoms with van der Waals surface area (Å²) in [7, 11) is 3.87. The van der Waals surface area contributed by atoms with Crippen molar-refractivity contribution in [1.29, 1.82) is 0 Å². The highest BCUT2D eigenvalue weighted by Gasteiger charge is 2.19. The Morgan fingerprint density at radius 3 is 2.10 bits per heavy atom. The molecule has 0 saturated heterocycles. The summed E-state index contributed by atoms with van der Waals surface area (Å²) in [5.41, 5.74) is 2.04. The smallest absolute Gasteiger partial charge is 0.195 e. The molecule has 0 radical (unpaired) electrons. The van der Waals surface area contributed by atoms with Crippen LogP contribution in [0.5, 0.6) is 0 Å². The second-order valence-corrected chi connectivity index (χ2v) is 5.20. The van der Waals surface area contributed by atoms with Gasteiger partial charge < -0.3 is 10.0 Å². The number of carbonyl (C=O) groups is 1. The van der Waals surface area contributed by atoms with E-state index in [0.717, 1.165) is 5.69 Å². The lowest BCUT2D eigenvalue weighted by molar-refractivity contribution is 0.0747. The molecule has 2 rings (SSSR count). The van der Waals surface area contributed by atoms with Crippen molar-refractivity contribution < 1.29 is 9.90 Å². The summed E-state index contributed by atoms with van der Waals surface area (Å²) < 4.78 is 0. The van der Waals surface area contributed by atoms with Gasteiger partial charge in [0, 0.05) is 30.4 Å². The Morgan fingerprint density at radius 1 is 1.05 bits per heavy atom. The Kier molecular flexibility index (Phi) is 4.42. The third-order valence-electron chi connectivity index (χ3n) is 3.10. The first-order valence-electron chi connectivity index (χ1n) is 6.24. The van der Waals surface area contributed by atoms with Gasteiger partial charge in [-0.25, -0.2) is 0 Å². The zero-order valence-corrected chi connectivity index (χ0v) is 12.1. The van der Waals surface area contributed by atoms with E-state index in [1.54, 1.807) is 36.4 Å². The third-order valence-corrected chi connectivity index (χ3v) is 3.35. The highest BCUT2D eigenvalue weighted by atomic mass is 35.5. The summed E-state index contributed by atoms with van der Waals surface area (Å²) in [6.45, 7) is 0. The number of aliphatic hydroxyl groups excluding tert-OH is 1. The molecule has 104 valence electrons. The molecule has 2 aromatic carbocycles. The molecule has 0 saturated carbocycles. The van der Waals surface area contributed by atoms with Crippen LogP contribution in [0, 0.1) is 0 Å². The molecule has 1 N–H and O–H groups in total. The lowest BCUT2D eigenvalue weighted by Crippen LogP contribution is -2.13. The number of carbonyl (C=O) groups excluding carboxylic acids is 1. The fraction of sp³-hybridized carbons (Fsp3) is 0.188. The molecule has 0 aliphatic carbocycles. The molecule has 0 aromatic heterocycles. The Morgan fingerprint density at radius 2 is 1.60 bits per heavy atom. The van der Waals surface area contributed by atoms with Crippen LogP contribution in [0.2, 0.25) is 5.02 Å². The molecule has 0 amide bonds. The maximum Gasteiger partial charge on any atom is 0.195 e. The predicted octanol–water partition coefficient (Wildman–Crippen LogP) is 3.32. The van der Waals surface area contributed by atoms with Crippen LogP contribution in [0.3, 0.4) is 0 Å². The van der Waals surface area contributed by atoms with Gasteiger partial charge in [0.2, 0.25) is 0 Å². The van der Waals surface area contributed by atoms with Crippen molar-refractivity contribution in [3.8, 4) is 0 Å². The SMILES string of the molecule is CN(C)c1ccc(C(O)C(=O)c2ccc(Cl)cc2)cc1. The van der Waals surface area contributed by atoms with Crippen LogP contribution in [0.1, 0.15) is 22.0 Å². The number of hydrogen-bond acceptors (Lipinski definition) is 3. The zero-order chi connectivity index (χ0) is 14.7. The van der Waals surface area contributed by atoms with Crippen LogP contribution in [-0.2, 0) is 0 Å². The molecule has 1 unspecified atom stereocenters. The largest absolute Gasteiger partial charge is 0.380 e. The number of hydrogen-bond donors (Lipinski definition) is 1. The highest BCUT2D eigenvalue weighted by molar-refractivity contribution is 6.30. The van der Waals surface area contributed by atoms with Gasteiger partial charge in [-0.3, -0.25) is 4.79 Å². The number of ketones is 1. The van der Waals surface area contributed by atoms with Crippen molar-refractivity contribution >= 4 is 23.1 Å². The third kappa shape index (κ3) is 3.18. The zero-order valence-electron chi connectivity index (χ0n) is 11.4. The molecule has 2 aromatic rings. The van der Waals surface area contributed by atoms with E-state index in [4.69, 9.17) is 11.6 Å². The topological polar surface area (TPSA) is 40.5 Å². The van der Waals surface area contributed by atoms with Gasteiger partial charge in [0.15, 0.2) is 5.78 Å². The fourth-order valence-electron chi connectivity index (χ4n) is 1.88. The van der Waals surface area contributed by atoms with Crippen molar-refractivity contribution in [3.63, 3.8) is 0 Å². The van der Waals surface area contributed by atoms with Crippen molar-refractivity contribution in [2.45, 2.75) is 6.10 Å². The fourth-order valence-corrected chi connectivity index (χ4v) is 2.00. The average molecular weight is 290 g/mol. The van der Waals surface area contributed by atoms with Crippen molar-refractivity contribution in [2.75, 3.05) is 19.0 Å². The lowest BCUT2D eigenvalue weighted by atomic mass is 10.00. The maximum absolute atomic E-state index is 12.2. The Balaban J connectivity index is 2.19. The monoisotopic (exact) mass is 289 g/mol. The van der Waals surface area contributed by atoms with Crippen molar-refractivity contribution in [3.05, 3.63) is 64.7 Å². The number of Topliss-reactive ketones (excluding diaryl/α,β-unsaturated/α-hetero) is 1. The molecule has 0 aliphatic rings. The van der Waals surface area contributed by atoms with Gasteiger partial charge in [0.25, 0.3) is 0 Å². The van der Waals surface area contributed by atoms with Gasteiger partial charge >= 0.3 is 0 Å². The Hall–Kier alpha value is -1.84. The molecule has 20 heavy (non-hydrogen) atoms. The van der Waals surface area contributed by atoms with Crippen LogP contribution in [-0.4, -0.2) is 25.0 Å². The van der Waals surface area contributed by atoms with E-state index in [1.165, 1.54) is 0 Å². The van der Waals surface area contributed by atoms with Crippen molar-refractivity contribution in [2.24, 2.45) is 0 Å². The second kappa shape index (κ2) is 6.07. The first-order valence-corrected chi connectivity index (χ1v) is 6.62. The molecule has 0 spiro atoms. The molecule has 4 heteroatoms. The summed E-state index contributed by atoms with van der Waals surface area (Å²) in [6.07, 6.45) is -1.16. The van der Waals surface area contributed by atoms with Gasteiger partial charge in [0.1, 0.15) is 6.10 Å². The van der Waals surface area contributed by atoms with E-state index >= 15 is 0 Å². The maximum atomic E-state index is 12.2. The van der Waals surface area contributed by atoms with Gasteiger partial charge in [0.05, 0.1) is 0 Å². The van der Waals surface area contributed by atoms with E-state index in [2.05, 4.69) is 0 Å². The molecule has 0 aliphatic heterocycles. The van der Waals surface area contributed by atoms with Crippen LogP contribution in [0.4, 0.5) is 5.69 Å². The highest BCUT2D eigenvalue weighted by Crippen LogP contribution is 2.22. The van der Waals surface area contributed by atoms with E-state index in [0.29, 0.717) is 16.1 Å². The summed E-state index contributed by atoms with van der Waals surface area (Å²) >= 11 is 5.78. The normalized spacial score (nSPS) is 12.0. The molecule has 0 fully saturated rings. The van der Waals surface area contributed by atoms with E-state index in [-0.39, 0.29) is 5.78 Å². The summed E-state index contributed by atoms with van der Waals surface area (Å²) in [4.78, 5) is 14.1. The van der Waals surface area contributed by atoms with E-state index in [9.17, 15) is 9.90 Å². The quantitative estimate of drug-likeness (QED) is 0.878. The molecule has 1 atom stereocenters. The molecule has 0 heterocycles. The first kappa shape index (κ1) is 14.6. The second-order valence-electron chi connectivity index (χ2n) is 4.76. The minimum Gasteiger partial charge on any atom is -0.380 e. The van der Waals surface area contributed by atoms with Crippen molar-refractivity contribution in [1.82, 2.24) is 0 Å². The Labute approximate surface area is 123 Å². The van der Waals surface area contributed by atoms with Crippen LogP contribution in [0.25, 0.3) is 0 Å². The summed E-state index contributed by atoms with van der Waals surface area (Å²) in [5.74, 6) is -0.334. The van der Waals surface area contributed by atoms with Crippen LogP contribution < -0.4 is 4.90 Å². The minimum atomic E-state index is -1.16. The number of nitrogens with zero attached hydrogens (tertiary/aromatic N) is 1. The minimum absolute atomic E-state index is 0.334. The number of halogens is 1. The number of anilines is 1. The molecular formula is C16H16ClNO2. The van der Waals surface area contributed by atoms with Crippen LogP contribution >= 0.6 is 11.6 Å². The number of benzene rings is 2. The lowest BCUT2D eigenvalue weighted by Gasteiger charge is -2.14. The molecule has 3 nitrogen and oxygen atoms in total. The molecular weight excluding hydrogens is 274 g/mol. The summed E-state index contributed by atoms with van der Waals surface area (Å²) in [5, 5.41) is 10.7. The summed E-state index contributed by atoms with van der Waals surface area (Å²) in [6, 6.07) is 13.8. The number of rotatable bonds is 4. The van der Waals surface area contributed by atoms with E-state index in [1.807, 2.05) is 31.1 Å². The van der Waals surface area contributed by atoms with Gasteiger partial charge in [-0.2, -0.15) is 0 Å².